The standard InChI is InChI=1S/C22H18ClNO2S/c1-18-7-13-22(14-8-18)27(25,26)24(16-15-19-5-3-2-4-6-19)17-20-9-11-21(23)12-10-20/h2-14H,17H2,1H3. The van der Waals surface area contributed by atoms with Gasteiger partial charge >= 0.3 is 0 Å². The van der Waals surface area contributed by atoms with Gasteiger partial charge in [-0.05, 0) is 54.8 Å². The van der Waals surface area contributed by atoms with Gasteiger partial charge in [-0.3, -0.25) is 0 Å². The summed E-state index contributed by atoms with van der Waals surface area (Å²) in [5.41, 5.74) is 2.55. The van der Waals surface area contributed by atoms with Gasteiger partial charge in [0.25, 0.3) is 10.0 Å². The molecule has 0 atom stereocenters. The van der Waals surface area contributed by atoms with Crippen molar-refractivity contribution >= 4 is 21.6 Å². The molecule has 3 rings (SSSR count). The van der Waals surface area contributed by atoms with Gasteiger partial charge in [0.15, 0.2) is 0 Å². The zero-order valence-corrected chi connectivity index (χ0v) is 16.3. The first kappa shape index (κ1) is 19.0. The van der Waals surface area contributed by atoms with Crippen molar-refractivity contribution in [1.82, 2.24) is 4.31 Å². The quantitative estimate of drug-likeness (QED) is 0.468. The molecule has 0 N–H and O–H groups in total. The largest absolute Gasteiger partial charge is 0.271 e. The molecular formula is C22H18ClNO2S. The molecule has 0 radical (unpaired) electrons. The minimum absolute atomic E-state index is 0.132. The molecule has 0 aliphatic rings. The summed E-state index contributed by atoms with van der Waals surface area (Å²) in [5, 5.41) is 0.599. The second-order valence-electron chi connectivity index (χ2n) is 6.05. The minimum atomic E-state index is -3.77. The number of hydrogen-bond acceptors (Lipinski definition) is 2. The van der Waals surface area contributed by atoms with E-state index in [0.717, 1.165) is 16.7 Å². The van der Waals surface area contributed by atoms with E-state index in [4.69, 9.17) is 11.6 Å². The maximum Gasteiger partial charge on any atom is 0.271 e. The molecule has 0 spiro atoms. The van der Waals surface area contributed by atoms with Crippen LogP contribution >= 0.6 is 11.6 Å². The van der Waals surface area contributed by atoms with E-state index in [9.17, 15) is 8.42 Å². The van der Waals surface area contributed by atoms with Crippen LogP contribution in [0.1, 0.15) is 16.7 Å². The summed E-state index contributed by atoms with van der Waals surface area (Å²) in [6.07, 6.45) is 0. The van der Waals surface area contributed by atoms with E-state index in [1.165, 1.54) is 4.31 Å². The first-order chi connectivity index (χ1) is 12.9. The Balaban J connectivity index is 1.99. The molecule has 3 nitrogen and oxygen atoms in total. The van der Waals surface area contributed by atoms with E-state index in [2.05, 4.69) is 12.0 Å². The Morgan fingerprint density at radius 3 is 2.15 bits per heavy atom. The molecular weight excluding hydrogens is 378 g/mol. The third-order valence-electron chi connectivity index (χ3n) is 3.95. The third-order valence-corrected chi connectivity index (χ3v) is 5.87. The van der Waals surface area contributed by atoms with Crippen molar-refractivity contribution in [2.75, 3.05) is 0 Å². The number of aryl methyl sites for hydroxylation is 1. The van der Waals surface area contributed by atoms with Crippen LogP contribution in [0.15, 0.2) is 83.8 Å². The van der Waals surface area contributed by atoms with E-state index in [1.54, 1.807) is 48.5 Å². The van der Waals surface area contributed by atoms with Gasteiger partial charge in [0.2, 0.25) is 0 Å². The summed E-state index contributed by atoms with van der Waals surface area (Å²) in [5.74, 6) is 2.93. The highest BCUT2D eigenvalue weighted by atomic mass is 35.5. The van der Waals surface area contributed by atoms with Crippen LogP contribution < -0.4 is 0 Å². The molecule has 5 heteroatoms. The number of nitrogens with zero attached hydrogens (tertiary/aromatic N) is 1. The summed E-state index contributed by atoms with van der Waals surface area (Å²) in [6.45, 7) is 2.05. The Kier molecular flexibility index (Phi) is 5.85. The monoisotopic (exact) mass is 395 g/mol. The molecule has 3 aromatic carbocycles. The summed E-state index contributed by atoms with van der Waals surface area (Å²) >= 11 is 5.93. The van der Waals surface area contributed by atoms with Gasteiger partial charge in [0, 0.05) is 16.6 Å². The second kappa shape index (κ2) is 8.30. The van der Waals surface area contributed by atoms with E-state index in [0.29, 0.717) is 5.02 Å². The average molecular weight is 396 g/mol. The van der Waals surface area contributed by atoms with Crippen LogP contribution in [0.3, 0.4) is 0 Å². The molecule has 0 saturated heterocycles. The van der Waals surface area contributed by atoms with E-state index >= 15 is 0 Å². The lowest BCUT2D eigenvalue weighted by atomic mass is 10.2. The number of rotatable bonds is 4. The first-order valence-electron chi connectivity index (χ1n) is 8.36. The van der Waals surface area contributed by atoms with Crippen molar-refractivity contribution in [3.8, 4) is 12.0 Å². The topological polar surface area (TPSA) is 37.4 Å². The summed E-state index contributed by atoms with van der Waals surface area (Å²) in [4.78, 5) is 0.212. The molecule has 0 bridgehead atoms. The zero-order chi connectivity index (χ0) is 19.3. The van der Waals surface area contributed by atoms with Gasteiger partial charge in [-0.1, -0.05) is 59.6 Å². The Morgan fingerprint density at radius 1 is 0.889 bits per heavy atom. The summed E-state index contributed by atoms with van der Waals surface area (Å²) in [7, 11) is -3.77. The van der Waals surface area contributed by atoms with Crippen LogP contribution in [0, 0.1) is 18.9 Å². The van der Waals surface area contributed by atoms with Crippen LogP contribution in [0.4, 0.5) is 0 Å². The zero-order valence-electron chi connectivity index (χ0n) is 14.8. The van der Waals surface area contributed by atoms with Crippen molar-refractivity contribution in [2.24, 2.45) is 0 Å². The highest BCUT2D eigenvalue weighted by molar-refractivity contribution is 7.89. The molecule has 0 aliphatic heterocycles. The second-order valence-corrected chi connectivity index (χ2v) is 8.35. The van der Waals surface area contributed by atoms with Crippen LogP contribution in [-0.2, 0) is 16.6 Å². The van der Waals surface area contributed by atoms with Gasteiger partial charge in [0.05, 0.1) is 11.4 Å². The van der Waals surface area contributed by atoms with Crippen LogP contribution in [0.25, 0.3) is 0 Å². The Hall–Kier alpha value is -2.74. The minimum Gasteiger partial charge on any atom is -0.220 e. The maximum absolute atomic E-state index is 13.1. The van der Waals surface area contributed by atoms with Gasteiger partial charge in [0.1, 0.15) is 0 Å². The molecule has 136 valence electrons. The fourth-order valence-corrected chi connectivity index (χ4v) is 3.77. The molecule has 3 aromatic rings. The molecule has 27 heavy (non-hydrogen) atoms. The molecule has 0 heterocycles. The van der Waals surface area contributed by atoms with Crippen LogP contribution in [0.2, 0.25) is 5.02 Å². The van der Waals surface area contributed by atoms with E-state index in [-0.39, 0.29) is 11.4 Å². The fraction of sp³-hybridized carbons (Fsp3) is 0.0909. The highest BCUT2D eigenvalue weighted by Crippen LogP contribution is 2.19. The number of hydrogen-bond donors (Lipinski definition) is 0. The van der Waals surface area contributed by atoms with Crippen molar-refractivity contribution < 1.29 is 8.42 Å². The predicted octanol–water partition coefficient (Wildman–Crippen LogP) is 4.85. The Bertz CT molecular complexity index is 1070. The summed E-state index contributed by atoms with van der Waals surface area (Å²) in [6, 6.07) is 25.9. The van der Waals surface area contributed by atoms with Crippen LogP contribution in [-0.4, -0.2) is 12.7 Å². The first-order valence-corrected chi connectivity index (χ1v) is 10.2. The SMILES string of the molecule is Cc1ccc(S(=O)(=O)N(C#Cc2ccccc2)Cc2ccc(Cl)cc2)cc1. The van der Waals surface area contributed by atoms with E-state index < -0.39 is 10.0 Å². The number of sulfonamides is 1. The van der Waals surface area contributed by atoms with Crippen molar-refractivity contribution in [3.05, 3.63) is 101 Å². The van der Waals surface area contributed by atoms with Crippen molar-refractivity contribution in [2.45, 2.75) is 18.4 Å². The van der Waals surface area contributed by atoms with Gasteiger partial charge in [-0.15, -0.1) is 0 Å². The molecule has 0 aliphatic carbocycles. The Labute approximate surface area is 165 Å². The average Bonchev–Trinajstić information content (AvgIpc) is 2.67. The van der Waals surface area contributed by atoms with Gasteiger partial charge < -0.3 is 0 Å². The number of benzene rings is 3. The molecule has 0 fully saturated rings. The molecule has 0 saturated carbocycles. The third kappa shape index (κ3) is 4.91. The smallest absolute Gasteiger partial charge is 0.220 e. The van der Waals surface area contributed by atoms with Crippen LogP contribution in [0.5, 0.6) is 0 Å². The number of halogens is 1. The highest BCUT2D eigenvalue weighted by Gasteiger charge is 2.22. The van der Waals surface area contributed by atoms with Gasteiger partial charge in [-0.25, -0.2) is 12.7 Å². The lowest BCUT2D eigenvalue weighted by Crippen LogP contribution is -2.26. The van der Waals surface area contributed by atoms with Crippen molar-refractivity contribution in [1.29, 1.82) is 0 Å². The van der Waals surface area contributed by atoms with Crippen molar-refractivity contribution in [3.63, 3.8) is 0 Å². The predicted molar refractivity (Wildman–Crippen MR) is 109 cm³/mol. The van der Waals surface area contributed by atoms with E-state index in [1.807, 2.05) is 37.3 Å². The Morgan fingerprint density at radius 2 is 1.52 bits per heavy atom. The summed E-state index contributed by atoms with van der Waals surface area (Å²) < 4.78 is 27.4. The molecule has 0 amide bonds. The lowest BCUT2D eigenvalue weighted by molar-refractivity contribution is 0.508. The molecule has 0 aromatic heterocycles. The van der Waals surface area contributed by atoms with Gasteiger partial charge in [-0.2, -0.15) is 0 Å². The normalized spacial score (nSPS) is 10.7. The maximum atomic E-state index is 13.1. The lowest BCUT2D eigenvalue weighted by Gasteiger charge is -2.18. The fourth-order valence-electron chi connectivity index (χ4n) is 2.43. The molecule has 0 unspecified atom stereocenters.